The van der Waals surface area contributed by atoms with E-state index >= 15 is 0 Å². The molecule has 0 saturated carbocycles. The Morgan fingerprint density at radius 1 is 1.64 bits per heavy atom. The summed E-state index contributed by atoms with van der Waals surface area (Å²) in [5.74, 6) is -0.981. The van der Waals surface area contributed by atoms with Crippen molar-refractivity contribution >= 4 is 27.3 Å². The van der Waals surface area contributed by atoms with Crippen molar-refractivity contribution in [1.82, 2.24) is 0 Å². The van der Waals surface area contributed by atoms with Crippen LogP contribution in [0.15, 0.2) is 34.4 Å². The fraction of sp³-hybridized carbons (Fsp3) is 0. The molecule has 1 heterocycles. The zero-order valence-corrected chi connectivity index (χ0v) is 8.72. The second-order valence-electron chi connectivity index (χ2n) is 2.02. The van der Waals surface area contributed by atoms with Gasteiger partial charge in [-0.2, -0.15) is 0 Å². The Morgan fingerprint density at radius 2 is 2.14 bits per heavy atom. The van der Waals surface area contributed by atoms with Crippen molar-refractivity contribution in [3.05, 3.63) is 30.2 Å². The molecule has 0 aliphatic rings. The first-order valence-corrected chi connectivity index (χ1v) is 5.72. The first-order valence-electron chi connectivity index (χ1n) is 3.29. The number of nitrogens with two attached hydrogens (primary N) is 1. The molecule has 5 nitrogen and oxygen atoms in total. The van der Waals surface area contributed by atoms with Gasteiger partial charge in [0.25, 0.3) is 0 Å². The Kier molecular flexibility index (Phi) is 5.06. The van der Waals surface area contributed by atoms with Gasteiger partial charge in [0.15, 0.2) is 0 Å². The highest BCUT2D eigenvalue weighted by Gasteiger charge is 2.06. The van der Waals surface area contributed by atoms with E-state index in [9.17, 15) is 13.2 Å². The second-order valence-corrected chi connectivity index (χ2v) is 4.76. The number of carboxylic acid groups (broad SMARTS) is 1. The third kappa shape index (κ3) is 5.46. The van der Waals surface area contributed by atoms with Gasteiger partial charge in [0.05, 0.1) is 0 Å². The summed E-state index contributed by atoms with van der Waals surface area (Å²) >= 11 is 1.12. The average Bonchev–Trinajstić information content (AvgIpc) is 2.56. The molecule has 1 aromatic heterocycles. The molecule has 0 aliphatic carbocycles. The van der Waals surface area contributed by atoms with E-state index in [1.165, 1.54) is 6.07 Å². The van der Waals surface area contributed by atoms with Crippen molar-refractivity contribution in [2.45, 2.75) is 4.21 Å². The first-order chi connectivity index (χ1) is 6.38. The van der Waals surface area contributed by atoms with Crippen molar-refractivity contribution in [3.8, 4) is 0 Å². The summed E-state index contributed by atoms with van der Waals surface area (Å²) in [7, 11) is -3.44. The molecule has 0 radical (unpaired) electrons. The molecule has 7 heteroatoms. The molecule has 0 saturated heterocycles. The van der Waals surface area contributed by atoms with Gasteiger partial charge in [-0.25, -0.2) is 18.4 Å². The van der Waals surface area contributed by atoms with Crippen LogP contribution < -0.4 is 5.14 Å². The number of rotatable bonds is 2. The molecule has 0 amide bonds. The van der Waals surface area contributed by atoms with Gasteiger partial charge in [-0.05, 0) is 11.4 Å². The average molecular weight is 235 g/mol. The van der Waals surface area contributed by atoms with Crippen molar-refractivity contribution in [3.63, 3.8) is 0 Å². The predicted octanol–water partition coefficient (Wildman–Crippen LogP) is 0.653. The highest BCUT2D eigenvalue weighted by atomic mass is 32.2. The molecule has 0 bridgehead atoms. The Labute approximate surface area is 85.5 Å². The maximum absolute atomic E-state index is 10.5. The van der Waals surface area contributed by atoms with E-state index < -0.39 is 16.0 Å². The van der Waals surface area contributed by atoms with Crippen LogP contribution in [0.3, 0.4) is 0 Å². The van der Waals surface area contributed by atoms with Crippen LogP contribution in [-0.4, -0.2) is 19.5 Å². The van der Waals surface area contributed by atoms with Crippen LogP contribution in [0, 0.1) is 0 Å². The maximum atomic E-state index is 10.5. The molecular formula is C7H9NO4S2. The minimum Gasteiger partial charge on any atom is -0.478 e. The lowest BCUT2D eigenvalue weighted by atomic mass is 10.7. The molecule has 14 heavy (non-hydrogen) atoms. The van der Waals surface area contributed by atoms with E-state index in [1.807, 2.05) is 0 Å². The molecule has 0 aliphatic heterocycles. The van der Waals surface area contributed by atoms with E-state index in [0.717, 1.165) is 17.4 Å². The molecule has 0 spiro atoms. The van der Waals surface area contributed by atoms with E-state index in [0.29, 0.717) is 0 Å². The van der Waals surface area contributed by atoms with Crippen LogP contribution in [0.5, 0.6) is 0 Å². The molecule has 0 atom stereocenters. The highest BCUT2D eigenvalue weighted by molar-refractivity contribution is 7.91. The minimum atomic E-state index is -3.44. The lowest BCUT2D eigenvalue weighted by Gasteiger charge is -1.86. The molecule has 3 N–H and O–H groups in total. The molecule has 0 aromatic carbocycles. The first kappa shape index (κ1) is 12.8. The largest absolute Gasteiger partial charge is 0.478 e. The van der Waals surface area contributed by atoms with Gasteiger partial charge in [0.2, 0.25) is 10.0 Å². The molecular weight excluding hydrogens is 226 g/mol. The van der Waals surface area contributed by atoms with Crippen LogP contribution in [0.1, 0.15) is 0 Å². The van der Waals surface area contributed by atoms with Crippen molar-refractivity contribution in [1.29, 1.82) is 0 Å². The summed E-state index contributed by atoms with van der Waals surface area (Å²) in [4.78, 5) is 9.25. The van der Waals surface area contributed by atoms with Crippen LogP contribution in [0.4, 0.5) is 0 Å². The molecule has 0 fully saturated rings. The number of carbonyl (C=O) groups is 1. The summed E-state index contributed by atoms with van der Waals surface area (Å²) < 4.78 is 21.2. The van der Waals surface area contributed by atoms with Gasteiger partial charge in [-0.15, -0.1) is 11.3 Å². The van der Waals surface area contributed by atoms with Gasteiger partial charge >= 0.3 is 5.97 Å². The van der Waals surface area contributed by atoms with E-state index in [-0.39, 0.29) is 4.21 Å². The molecule has 1 rings (SSSR count). The third-order valence-corrected chi connectivity index (χ3v) is 3.29. The molecule has 0 unspecified atom stereocenters. The second kappa shape index (κ2) is 5.53. The summed E-state index contributed by atoms with van der Waals surface area (Å²) in [5.41, 5.74) is 0. The quantitative estimate of drug-likeness (QED) is 0.735. The van der Waals surface area contributed by atoms with Crippen molar-refractivity contribution in [2.24, 2.45) is 5.14 Å². The van der Waals surface area contributed by atoms with Crippen LogP contribution in [0.2, 0.25) is 0 Å². The normalized spacial score (nSPS) is 9.79. The number of thiophene rings is 1. The Balaban J connectivity index is 0.000000292. The van der Waals surface area contributed by atoms with Gasteiger partial charge < -0.3 is 5.11 Å². The summed E-state index contributed by atoms with van der Waals surface area (Å²) in [6.07, 6.45) is 0.833. The number of primary sulfonamides is 1. The van der Waals surface area contributed by atoms with E-state index in [2.05, 4.69) is 6.58 Å². The minimum absolute atomic E-state index is 0.211. The van der Waals surface area contributed by atoms with Gasteiger partial charge in [0.1, 0.15) is 4.21 Å². The molecule has 1 aromatic rings. The zero-order chi connectivity index (χ0) is 11.2. The van der Waals surface area contributed by atoms with Crippen LogP contribution in [0.25, 0.3) is 0 Å². The number of hydrogen-bond donors (Lipinski definition) is 2. The van der Waals surface area contributed by atoms with Gasteiger partial charge in [0, 0.05) is 6.08 Å². The monoisotopic (exact) mass is 235 g/mol. The standard InChI is InChI=1S/C4H5NO2S2.C3H4O2/c5-9(6,7)4-2-1-3-8-4;1-2-3(4)5/h1-3H,(H2,5,6,7);2H,1H2,(H,4,5). The van der Waals surface area contributed by atoms with E-state index in [4.69, 9.17) is 10.2 Å². The number of carboxylic acids is 1. The van der Waals surface area contributed by atoms with Crippen LogP contribution >= 0.6 is 11.3 Å². The highest BCUT2D eigenvalue weighted by Crippen LogP contribution is 2.12. The summed E-state index contributed by atoms with van der Waals surface area (Å²) in [6.45, 7) is 2.96. The number of aliphatic carboxylic acids is 1. The Morgan fingerprint density at radius 3 is 2.29 bits per heavy atom. The third-order valence-electron chi connectivity index (χ3n) is 0.950. The molecule has 78 valence electrons. The van der Waals surface area contributed by atoms with Gasteiger partial charge in [-0.1, -0.05) is 12.6 Å². The zero-order valence-electron chi connectivity index (χ0n) is 7.08. The topological polar surface area (TPSA) is 97.5 Å². The smallest absolute Gasteiger partial charge is 0.327 e. The van der Waals surface area contributed by atoms with Gasteiger partial charge in [-0.3, -0.25) is 0 Å². The van der Waals surface area contributed by atoms with E-state index in [1.54, 1.807) is 11.4 Å². The fourth-order valence-corrected chi connectivity index (χ4v) is 1.85. The van der Waals surface area contributed by atoms with Crippen LogP contribution in [-0.2, 0) is 14.8 Å². The van der Waals surface area contributed by atoms with Crippen molar-refractivity contribution in [2.75, 3.05) is 0 Å². The lowest BCUT2D eigenvalue weighted by Crippen LogP contribution is -2.09. The lowest BCUT2D eigenvalue weighted by molar-refractivity contribution is -0.131. The number of sulfonamides is 1. The predicted molar refractivity (Wildman–Crippen MR) is 53.5 cm³/mol. The maximum Gasteiger partial charge on any atom is 0.327 e. The summed E-state index contributed by atoms with van der Waals surface area (Å²) in [6, 6.07) is 3.12. The van der Waals surface area contributed by atoms with Crippen molar-refractivity contribution < 1.29 is 18.3 Å². The summed E-state index contributed by atoms with van der Waals surface area (Å²) in [5, 5.41) is 14.1. The fourth-order valence-electron chi connectivity index (χ4n) is 0.425. The number of hydrogen-bond acceptors (Lipinski definition) is 4. The SMILES string of the molecule is C=CC(=O)O.NS(=O)(=O)c1cccs1. The Hall–Kier alpha value is -1.18. The Bertz CT molecular complexity index is 393.